The normalized spacial score (nSPS) is 12.4. The molecule has 0 saturated carbocycles. The second-order valence-electron chi connectivity index (χ2n) is 8.54. The maximum atomic E-state index is 13.5. The summed E-state index contributed by atoms with van der Waals surface area (Å²) in [4.78, 5) is 0. The molecule has 1 heterocycles. The van der Waals surface area contributed by atoms with Gasteiger partial charge in [-0.05, 0) is 31.7 Å². The Morgan fingerprint density at radius 3 is 1.28 bits per heavy atom. The van der Waals surface area contributed by atoms with Crippen molar-refractivity contribution in [2.45, 2.75) is 91.4 Å². The Bertz CT molecular complexity index is 612. The molecule has 0 amide bonds. The molecule has 0 aliphatic rings. The molecule has 0 radical (unpaired) electrons. The number of hydrogen-bond donors (Lipinski definition) is 0. The van der Waals surface area contributed by atoms with Crippen LogP contribution in [0.5, 0.6) is 0 Å². The minimum atomic E-state index is -2.40. The van der Waals surface area contributed by atoms with Gasteiger partial charge >= 0.3 is 0 Å². The molecule has 168 valence electrons. The molecular weight excluding hydrogens is 400 g/mol. The van der Waals surface area contributed by atoms with Crippen LogP contribution in [0.25, 0.3) is 0 Å². The van der Waals surface area contributed by atoms with Crippen LogP contribution in [0.15, 0.2) is 18.2 Å². The van der Waals surface area contributed by atoms with Gasteiger partial charge in [-0.2, -0.15) is 4.73 Å². The second kappa shape index (κ2) is 13.7. The number of unbranched alkanes of at least 4 members (excludes halogenated alkanes) is 4. The highest BCUT2D eigenvalue weighted by atomic mass is 31.2. The fourth-order valence-corrected chi connectivity index (χ4v) is 10.0. The fourth-order valence-electron chi connectivity index (χ4n) is 3.74. The van der Waals surface area contributed by atoms with E-state index in [0.29, 0.717) is 23.7 Å². The van der Waals surface area contributed by atoms with Crippen LogP contribution in [0.1, 0.15) is 90.4 Å². The van der Waals surface area contributed by atoms with E-state index < -0.39 is 14.3 Å². The van der Waals surface area contributed by atoms with E-state index in [0.717, 1.165) is 80.7 Å². The maximum Gasteiger partial charge on any atom is 0.200 e. The van der Waals surface area contributed by atoms with Crippen molar-refractivity contribution < 1.29 is 13.9 Å². The van der Waals surface area contributed by atoms with Gasteiger partial charge in [0.15, 0.2) is 11.4 Å². The van der Waals surface area contributed by atoms with Gasteiger partial charge in [0.25, 0.3) is 0 Å². The Morgan fingerprint density at radius 1 is 0.690 bits per heavy atom. The van der Waals surface area contributed by atoms with Crippen LogP contribution in [0.3, 0.4) is 0 Å². The van der Waals surface area contributed by atoms with Crippen LogP contribution >= 0.6 is 14.3 Å². The van der Waals surface area contributed by atoms with E-state index in [1.807, 2.05) is 18.2 Å². The lowest BCUT2D eigenvalue weighted by atomic mass is 10.3. The molecule has 0 atom stereocenters. The summed E-state index contributed by atoms with van der Waals surface area (Å²) >= 11 is 0. The third-order valence-corrected chi connectivity index (χ3v) is 12.0. The van der Waals surface area contributed by atoms with Crippen molar-refractivity contribution >= 4 is 14.3 Å². The largest absolute Gasteiger partial charge is 0.618 e. The Morgan fingerprint density at radius 2 is 1.00 bits per heavy atom. The number of rotatable bonds is 16. The van der Waals surface area contributed by atoms with Crippen LogP contribution in [-0.2, 0) is 21.5 Å². The lowest BCUT2D eigenvalue weighted by Gasteiger charge is -2.20. The minimum Gasteiger partial charge on any atom is -0.618 e. The average Bonchev–Trinajstić information content (AvgIpc) is 2.71. The van der Waals surface area contributed by atoms with Crippen LogP contribution in [-0.4, -0.2) is 24.6 Å². The van der Waals surface area contributed by atoms with Gasteiger partial charge in [-0.15, -0.1) is 0 Å². The van der Waals surface area contributed by atoms with Gasteiger partial charge in [-0.25, -0.2) is 0 Å². The molecule has 0 spiro atoms. The van der Waals surface area contributed by atoms with Crippen LogP contribution < -0.4 is 4.73 Å². The summed E-state index contributed by atoms with van der Waals surface area (Å²) in [7, 11) is -4.79. The van der Waals surface area contributed by atoms with Gasteiger partial charge in [0, 0.05) is 36.8 Å². The minimum absolute atomic E-state index is 0.374. The second-order valence-corrected chi connectivity index (χ2v) is 15.2. The molecule has 1 rings (SSSR count). The fraction of sp³-hybridized carbons (Fsp3) is 0.783. The van der Waals surface area contributed by atoms with Gasteiger partial charge in [0.1, 0.15) is 0 Å². The van der Waals surface area contributed by atoms with E-state index in [1.54, 1.807) is 0 Å². The van der Waals surface area contributed by atoms with Crippen LogP contribution in [0, 0.1) is 5.21 Å². The summed E-state index contributed by atoms with van der Waals surface area (Å²) in [5.74, 6) is 0. The standard InChI is InChI=1S/C23H43NO3P2/c1-5-9-16-28(26,17-10-6-2)20-22-14-13-15-23(24(22)25)21-29(27,18-11-7-3)19-12-8-4/h13-15H,5-12,16-21H2,1-4H3. The van der Waals surface area contributed by atoms with Crippen molar-refractivity contribution in [3.05, 3.63) is 34.8 Å². The highest BCUT2D eigenvalue weighted by Crippen LogP contribution is 2.51. The zero-order valence-electron chi connectivity index (χ0n) is 19.2. The van der Waals surface area contributed by atoms with Crippen molar-refractivity contribution in [3.8, 4) is 0 Å². The lowest BCUT2D eigenvalue weighted by Crippen LogP contribution is -2.37. The first-order valence-electron chi connectivity index (χ1n) is 11.7. The van der Waals surface area contributed by atoms with Gasteiger partial charge in [-0.1, -0.05) is 53.4 Å². The van der Waals surface area contributed by atoms with Gasteiger partial charge in [0.2, 0.25) is 0 Å². The summed E-state index contributed by atoms with van der Waals surface area (Å²) in [5, 5.41) is 13.1. The first-order valence-corrected chi connectivity index (χ1v) is 16.2. The quantitative estimate of drug-likeness (QED) is 0.154. The van der Waals surface area contributed by atoms with Crippen LogP contribution in [0.4, 0.5) is 0 Å². The van der Waals surface area contributed by atoms with E-state index in [9.17, 15) is 14.3 Å². The predicted molar refractivity (Wildman–Crippen MR) is 127 cm³/mol. The van der Waals surface area contributed by atoms with Crippen LogP contribution in [0.2, 0.25) is 0 Å². The number of hydrogen-bond acceptors (Lipinski definition) is 3. The molecule has 6 heteroatoms. The molecule has 1 aromatic rings. The lowest BCUT2D eigenvalue weighted by molar-refractivity contribution is -0.620. The van der Waals surface area contributed by atoms with E-state index in [-0.39, 0.29) is 0 Å². The Hall–Kier alpha value is -0.590. The summed E-state index contributed by atoms with van der Waals surface area (Å²) in [6.45, 7) is 8.46. The molecule has 0 aliphatic heterocycles. The summed E-state index contributed by atoms with van der Waals surface area (Å²) < 4.78 is 28.0. The Balaban J connectivity index is 3.07. The van der Waals surface area contributed by atoms with Gasteiger partial charge in [-0.3, -0.25) is 0 Å². The monoisotopic (exact) mass is 443 g/mol. The van der Waals surface area contributed by atoms with Crippen molar-refractivity contribution in [1.29, 1.82) is 0 Å². The predicted octanol–water partition coefficient (Wildman–Crippen LogP) is 7.25. The maximum absolute atomic E-state index is 13.5. The summed E-state index contributed by atoms with van der Waals surface area (Å²) in [5.41, 5.74) is 1.19. The van der Waals surface area contributed by atoms with E-state index >= 15 is 0 Å². The van der Waals surface area contributed by atoms with Gasteiger partial charge in [0.05, 0.1) is 26.6 Å². The zero-order chi connectivity index (χ0) is 21.8. The number of aromatic nitrogens is 1. The molecule has 29 heavy (non-hydrogen) atoms. The van der Waals surface area contributed by atoms with E-state index in [4.69, 9.17) is 0 Å². The van der Waals surface area contributed by atoms with Crippen molar-refractivity contribution in [1.82, 2.24) is 0 Å². The molecule has 0 aliphatic carbocycles. The molecule has 4 nitrogen and oxygen atoms in total. The summed E-state index contributed by atoms with van der Waals surface area (Å²) in [6, 6.07) is 5.50. The van der Waals surface area contributed by atoms with Crippen molar-refractivity contribution in [2.24, 2.45) is 0 Å². The molecule has 0 unspecified atom stereocenters. The molecule has 0 bridgehead atoms. The number of pyridine rings is 1. The first-order chi connectivity index (χ1) is 13.8. The van der Waals surface area contributed by atoms with E-state index in [2.05, 4.69) is 27.7 Å². The SMILES string of the molecule is CCCCP(=O)(CCCC)Cc1cccc(CP(=O)(CCCC)CCCC)[n+]1[O-]. The first kappa shape index (κ1) is 26.4. The highest BCUT2D eigenvalue weighted by molar-refractivity contribution is 7.63. The summed E-state index contributed by atoms with van der Waals surface area (Å²) in [6.07, 6.45) is 11.5. The highest BCUT2D eigenvalue weighted by Gasteiger charge is 2.29. The Kier molecular flexibility index (Phi) is 12.5. The third kappa shape index (κ3) is 9.39. The van der Waals surface area contributed by atoms with E-state index in [1.165, 1.54) is 0 Å². The zero-order valence-corrected chi connectivity index (χ0v) is 21.0. The smallest absolute Gasteiger partial charge is 0.200 e. The van der Waals surface area contributed by atoms with Gasteiger partial charge < -0.3 is 14.3 Å². The average molecular weight is 444 g/mol. The third-order valence-electron chi connectivity index (χ3n) is 5.68. The topological polar surface area (TPSA) is 61.1 Å². The molecule has 0 saturated heterocycles. The Labute approximate surface area is 179 Å². The van der Waals surface area contributed by atoms with Crippen molar-refractivity contribution in [2.75, 3.05) is 24.6 Å². The molecule has 1 aromatic heterocycles. The molecular formula is C23H43NO3P2. The molecule has 0 N–H and O–H groups in total. The molecule has 0 aromatic carbocycles. The molecule has 0 fully saturated rings. The van der Waals surface area contributed by atoms with Crippen molar-refractivity contribution in [3.63, 3.8) is 0 Å². The number of nitrogens with zero attached hydrogens (tertiary/aromatic N) is 1.